The summed E-state index contributed by atoms with van der Waals surface area (Å²) in [4.78, 5) is 24.4. The van der Waals surface area contributed by atoms with Crippen molar-refractivity contribution in [3.8, 4) is 17.1 Å². The van der Waals surface area contributed by atoms with Gasteiger partial charge in [-0.3, -0.25) is 14.7 Å². The lowest BCUT2D eigenvalue weighted by Crippen LogP contribution is -2.35. The molecule has 3 amide bonds. The van der Waals surface area contributed by atoms with Crippen LogP contribution in [0.4, 0.5) is 10.5 Å². The number of hydrogen-bond donors (Lipinski definition) is 2. The zero-order valence-corrected chi connectivity index (χ0v) is 19.0. The molecule has 2 aromatic carbocycles. The van der Waals surface area contributed by atoms with Crippen LogP contribution in [0, 0.1) is 13.8 Å². The molecule has 0 aliphatic heterocycles. The minimum Gasteiger partial charge on any atom is -0.496 e. The van der Waals surface area contributed by atoms with E-state index < -0.39 is 11.9 Å². The molecule has 0 aliphatic rings. The summed E-state index contributed by atoms with van der Waals surface area (Å²) in [7, 11) is 1.59. The minimum absolute atomic E-state index is 0.00153. The highest BCUT2D eigenvalue weighted by Crippen LogP contribution is 2.30. The Hall–Kier alpha value is -3.59. The van der Waals surface area contributed by atoms with Gasteiger partial charge in [-0.05, 0) is 49.2 Å². The van der Waals surface area contributed by atoms with E-state index in [0.717, 1.165) is 16.7 Å². The molecule has 9 heteroatoms. The van der Waals surface area contributed by atoms with Crippen molar-refractivity contribution in [3.05, 3.63) is 66.2 Å². The molecule has 0 fully saturated rings. The Balaban J connectivity index is 1.65. The summed E-state index contributed by atoms with van der Waals surface area (Å²) in [6, 6.07) is 12.5. The Morgan fingerprint density at radius 3 is 2.66 bits per heavy atom. The Labute approximate surface area is 191 Å². The fourth-order valence-electron chi connectivity index (χ4n) is 2.99. The van der Waals surface area contributed by atoms with Crippen LogP contribution in [0.25, 0.3) is 11.4 Å². The number of carbonyl (C=O) groups excluding carboxylic acids is 2. The summed E-state index contributed by atoms with van der Waals surface area (Å²) < 4.78 is 7.27. The third-order valence-corrected chi connectivity index (χ3v) is 5.69. The highest BCUT2D eigenvalue weighted by Gasteiger charge is 2.18. The van der Waals surface area contributed by atoms with Gasteiger partial charge in [0.05, 0.1) is 18.4 Å². The molecule has 166 valence electrons. The molecule has 3 aromatic rings. The molecule has 0 atom stereocenters. The Bertz CT molecular complexity index is 1140. The Morgan fingerprint density at radius 2 is 1.94 bits per heavy atom. The summed E-state index contributed by atoms with van der Waals surface area (Å²) in [6.45, 7) is 8.19. The second-order valence-electron chi connectivity index (χ2n) is 7.00. The number of methoxy groups -OCH3 is 1. The summed E-state index contributed by atoms with van der Waals surface area (Å²) in [6.07, 6.45) is 1.73. The number of nitrogens with zero attached hydrogens (tertiary/aromatic N) is 3. The molecule has 32 heavy (non-hydrogen) atoms. The van der Waals surface area contributed by atoms with E-state index in [4.69, 9.17) is 4.74 Å². The molecule has 0 bridgehead atoms. The lowest BCUT2D eigenvalue weighted by atomic mass is 10.1. The Morgan fingerprint density at radius 1 is 1.16 bits per heavy atom. The van der Waals surface area contributed by atoms with Crippen LogP contribution < -0.4 is 15.4 Å². The van der Waals surface area contributed by atoms with Crippen LogP contribution in [0.1, 0.15) is 11.1 Å². The van der Waals surface area contributed by atoms with Gasteiger partial charge >= 0.3 is 6.03 Å². The second-order valence-corrected chi connectivity index (χ2v) is 7.94. The van der Waals surface area contributed by atoms with Gasteiger partial charge < -0.3 is 10.1 Å². The van der Waals surface area contributed by atoms with Crippen LogP contribution in [0.3, 0.4) is 0 Å². The maximum atomic E-state index is 12.3. The topological polar surface area (TPSA) is 98.1 Å². The van der Waals surface area contributed by atoms with Crippen LogP contribution in [-0.4, -0.2) is 39.6 Å². The number of para-hydroxylation sites is 1. The van der Waals surface area contributed by atoms with E-state index in [1.54, 1.807) is 19.3 Å². The maximum Gasteiger partial charge on any atom is 0.325 e. The van der Waals surface area contributed by atoms with Crippen molar-refractivity contribution in [2.75, 3.05) is 18.2 Å². The number of allylic oxidation sites excluding steroid dienone is 1. The predicted molar refractivity (Wildman–Crippen MR) is 126 cm³/mol. The van der Waals surface area contributed by atoms with Gasteiger partial charge in [-0.15, -0.1) is 16.8 Å². The lowest BCUT2D eigenvalue weighted by Gasteiger charge is -2.11. The number of urea groups is 1. The van der Waals surface area contributed by atoms with E-state index in [0.29, 0.717) is 29.0 Å². The molecule has 8 nitrogen and oxygen atoms in total. The smallest absolute Gasteiger partial charge is 0.325 e. The van der Waals surface area contributed by atoms with Gasteiger partial charge in [-0.1, -0.05) is 36.0 Å². The number of rotatable bonds is 8. The predicted octanol–water partition coefficient (Wildman–Crippen LogP) is 4.20. The largest absolute Gasteiger partial charge is 0.496 e. The molecule has 1 aromatic heterocycles. The van der Waals surface area contributed by atoms with Crippen molar-refractivity contribution >= 4 is 29.4 Å². The third-order valence-electron chi connectivity index (χ3n) is 4.73. The standard InChI is InChI=1S/C23H25N5O3S/c1-5-12-28-21(18-8-6-7-9-19(18)31-4)26-27-23(28)32-14-20(29)25-22(30)24-17-11-10-15(2)16(3)13-17/h5-11,13H,1,12,14H2,2-4H3,(H2,24,25,29,30). The first kappa shape index (κ1) is 23.1. The van der Waals surface area contributed by atoms with Crippen LogP contribution in [0.15, 0.2) is 60.3 Å². The highest BCUT2D eigenvalue weighted by atomic mass is 32.2. The van der Waals surface area contributed by atoms with Gasteiger partial charge in [-0.2, -0.15) is 0 Å². The summed E-state index contributed by atoms with van der Waals surface area (Å²) in [5, 5.41) is 14.0. The van der Waals surface area contributed by atoms with E-state index in [-0.39, 0.29) is 5.75 Å². The number of thioether (sulfide) groups is 1. The van der Waals surface area contributed by atoms with Gasteiger partial charge in [0.25, 0.3) is 0 Å². The van der Waals surface area contributed by atoms with E-state index in [9.17, 15) is 9.59 Å². The lowest BCUT2D eigenvalue weighted by molar-refractivity contribution is -0.117. The maximum absolute atomic E-state index is 12.3. The molecule has 0 saturated heterocycles. The molecule has 0 unspecified atom stereocenters. The fourth-order valence-corrected chi connectivity index (χ4v) is 3.74. The number of anilines is 1. The second kappa shape index (κ2) is 10.6. The fraction of sp³-hybridized carbons (Fsp3) is 0.217. The molecular weight excluding hydrogens is 426 g/mol. The number of hydrogen-bond acceptors (Lipinski definition) is 6. The molecule has 1 heterocycles. The van der Waals surface area contributed by atoms with E-state index in [1.807, 2.05) is 54.8 Å². The number of ether oxygens (including phenoxy) is 1. The number of benzene rings is 2. The first-order valence-electron chi connectivity index (χ1n) is 9.91. The van der Waals surface area contributed by atoms with E-state index in [2.05, 4.69) is 27.4 Å². The van der Waals surface area contributed by atoms with Crippen molar-refractivity contribution in [3.63, 3.8) is 0 Å². The average molecular weight is 452 g/mol. The van der Waals surface area contributed by atoms with Gasteiger partial charge in [0.2, 0.25) is 5.91 Å². The first-order valence-corrected chi connectivity index (χ1v) is 10.9. The van der Waals surface area contributed by atoms with E-state index >= 15 is 0 Å². The molecule has 3 rings (SSSR count). The molecule has 2 N–H and O–H groups in total. The number of imide groups is 1. The quantitative estimate of drug-likeness (QED) is 0.394. The molecule has 0 aliphatic carbocycles. The van der Waals surface area contributed by atoms with Crippen LogP contribution in [0.5, 0.6) is 5.75 Å². The molecular formula is C23H25N5O3S. The molecule has 0 radical (unpaired) electrons. The Kier molecular flexibility index (Phi) is 7.67. The van der Waals surface area contributed by atoms with Crippen molar-refractivity contribution in [2.45, 2.75) is 25.5 Å². The number of aromatic nitrogens is 3. The number of carbonyl (C=O) groups is 2. The van der Waals surface area contributed by atoms with Crippen LogP contribution in [0.2, 0.25) is 0 Å². The zero-order chi connectivity index (χ0) is 23.1. The van der Waals surface area contributed by atoms with Gasteiger partial charge in [0.1, 0.15) is 5.75 Å². The number of amides is 3. The minimum atomic E-state index is -0.582. The van der Waals surface area contributed by atoms with Crippen LogP contribution >= 0.6 is 11.8 Å². The van der Waals surface area contributed by atoms with Gasteiger partial charge in [0.15, 0.2) is 11.0 Å². The first-order chi connectivity index (χ1) is 15.4. The highest BCUT2D eigenvalue weighted by molar-refractivity contribution is 7.99. The zero-order valence-electron chi connectivity index (χ0n) is 18.2. The van der Waals surface area contributed by atoms with Crippen molar-refractivity contribution in [1.29, 1.82) is 0 Å². The van der Waals surface area contributed by atoms with Crippen molar-refractivity contribution in [2.24, 2.45) is 0 Å². The molecule has 0 spiro atoms. The monoisotopic (exact) mass is 451 g/mol. The van der Waals surface area contributed by atoms with Gasteiger partial charge in [-0.25, -0.2) is 4.79 Å². The van der Waals surface area contributed by atoms with E-state index in [1.165, 1.54) is 11.8 Å². The normalized spacial score (nSPS) is 10.5. The van der Waals surface area contributed by atoms with Crippen LogP contribution in [-0.2, 0) is 11.3 Å². The number of nitrogens with one attached hydrogen (secondary N) is 2. The SMILES string of the molecule is C=CCn1c(SCC(=O)NC(=O)Nc2ccc(C)c(C)c2)nnc1-c1ccccc1OC. The average Bonchev–Trinajstić information content (AvgIpc) is 3.17. The third kappa shape index (κ3) is 5.55. The number of aryl methyl sites for hydroxylation is 2. The summed E-state index contributed by atoms with van der Waals surface area (Å²) in [5.74, 6) is 0.838. The van der Waals surface area contributed by atoms with Crippen molar-refractivity contribution in [1.82, 2.24) is 20.1 Å². The molecule has 0 saturated carbocycles. The van der Waals surface area contributed by atoms with Crippen molar-refractivity contribution < 1.29 is 14.3 Å². The van der Waals surface area contributed by atoms with Gasteiger partial charge in [0, 0.05) is 12.2 Å². The summed E-state index contributed by atoms with van der Waals surface area (Å²) in [5.41, 5.74) is 3.59. The summed E-state index contributed by atoms with van der Waals surface area (Å²) >= 11 is 1.19.